The Balaban J connectivity index is 0.000000319. The van der Waals surface area contributed by atoms with Crippen molar-refractivity contribution in [2.24, 2.45) is 10.8 Å². The zero-order valence-electron chi connectivity index (χ0n) is 30.8. The fraction of sp³-hybridized carbons (Fsp3) is 0.395. The predicted octanol–water partition coefficient (Wildman–Crippen LogP) is 12.4. The zero-order valence-corrected chi connectivity index (χ0v) is 34.0. The number of aryl methyl sites for hydroxylation is 3. The second-order valence-corrected chi connectivity index (χ2v) is 17.2. The van der Waals surface area contributed by atoms with Gasteiger partial charge in [0.1, 0.15) is 5.76 Å². The molecule has 0 atom stereocenters. The number of ketones is 1. The maximum absolute atomic E-state index is 11.5. The van der Waals surface area contributed by atoms with E-state index in [0.717, 1.165) is 16.8 Å². The van der Waals surface area contributed by atoms with Crippen molar-refractivity contribution in [3.63, 3.8) is 0 Å². The Hall–Kier alpha value is -3.11. The summed E-state index contributed by atoms with van der Waals surface area (Å²) < 4.78 is 1.38. The number of thiophene rings is 1. The van der Waals surface area contributed by atoms with Crippen LogP contribution in [0.5, 0.6) is 0 Å². The van der Waals surface area contributed by atoms with Crippen molar-refractivity contribution in [2.75, 3.05) is 0 Å². The number of aliphatic hydroxyl groups is 1. The van der Waals surface area contributed by atoms with E-state index in [-0.39, 0.29) is 42.5 Å². The molecule has 1 aliphatic rings. The molecule has 6 rings (SSSR count). The van der Waals surface area contributed by atoms with Crippen LogP contribution in [0.4, 0.5) is 0 Å². The first-order valence-corrected chi connectivity index (χ1v) is 17.5. The number of aliphatic hydroxyl groups excluding tert-OH is 1. The fourth-order valence-electron chi connectivity index (χ4n) is 6.62. The van der Waals surface area contributed by atoms with Crippen molar-refractivity contribution in [3.8, 4) is 21.7 Å². The number of benzene rings is 3. The Bertz CT molecular complexity index is 2070. The molecule has 0 unspecified atom stereocenters. The largest absolute Gasteiger partial charge is 0.512 e. The average molecular weight is 837 g/mol. The molecule has 2 aromatic heterocycles. The van der Waals surface area contributed by atoms with E-state index in [1.54, 1.807) is 0 Å². The summed E-state index contributed by atoms with van der Waals surface area (Å²) in [7, 11) is 0. The van der Waals surface area contributed by atoms with Gasteiger partial charge < -0.3 is 5.11 Å². The molecule has 1 radical (unpaired) electrons. The number of carbonyl (C=O) groups is 1. The standard InChI is InChI=1S/C32H30NS.C11H20O2.Ir/c1-17(2)21-11-12-27-24(16-21)30-31(34-27)23-10-8-9-22(29(23)32(30,6)7)25-15-20(5)28-19(4)13-18(3)14-26(28)33-25;1-10(2,3)8(12)7-9(13)11(4,5)6;/h8,10-17H,1-7H3;7,12H,1-6H3;/q-1;;/b;8-7-;. The third-order valence-corrected chi connectivity index (χ3v) is 10.6. The summed E-state index contributed by atoms with van der Waals surface area (Å²) >= 11 is 1.93. The molecule has 255 valence electrons. The van der Waals surface area contributed by atoms with Crippen molar-refractivity contribution in [1.82, 2.24) is 4.98 Å². The van der Waals surface area contributed by atoms with Crippen molar-refractivity contribution < 1.29 is 30.0 Å². The summed E-state index contributed by atoms with van der Waals surface area (Å²) in [5.41, 5.74) is 11.8. The SMILES string of the molecule is CC(C)(C)C(=O)/C=C(\O)C(C)(C)C.Cc1cc(C)c2c(C)cc(-c3[c-]ccc4c3C(C)(C)c3c-4sc4ccc(C(C)C)cc34)nc2c1.[Ir]. The van der Waals surface area contributed by atoms with E-state index in [1.165, 1.54) is 65.4 Å². The van der Waals surface area contributed by atoms with Gasteiger partial charge in [0.2, 0.25) is 0 Å². The molecule has 1 N–H and O–H groups in total. The van der Waals surface area contributed by atoms with Crippen molar-refractivity contribution in [2.45, 2.75) is 101 Å². The molecule has 5 aromatic rings. The van der Waals surface area contributed by atoms with Crippen LogP contribution in [0.1, 0.15) is 109 Å². The number of fused-ring (bicyclic) bond motifs is 6. The molecular formula is C43H50IrNO2S-. The molecule has 48 heavy (non-hydrogen) atoms. The first-order valence-electron chi connectivity index (χ1n) is 16.7. The van der Waals surface area contributed by atoms with Gasteiger partial charge in [-0.25, -0.2) is 0 Å². The third kappa shape index (κ3) is 6.97. The van der Waals surface area contributed by atoms with Crippen molar-refractivity contribution in [1.29, 1.82) is 0 Å². The molecule has 0 aliphatic heterocycles. The normalized spacial score (nSPS) is 14.0. The van der Waals surface area contributed by atoms with Gasteiger partial charge in [0.05, 0.1) is 5.52 Å². The quantitative estimate of drug-likeness (QED) is 0.112. The van der Waals surface area contributed by atoms with E-state index < -0.39 is 5.41 Å². The van der Waals surface area contributed by atoms with Gasteiger partial charge in [-0.15, -0.1) is 40.7 Å². The second-order valence-electron chi connectivity index (χ2n) is 16.2. The molecule has 3 aromatic carbocycles. The van der Waals surface area contributed by atoms with Crippen LogP contribution in [0.15, 0.2) is 60.4 Å². The number of allylic oxidation sites excluding steroid dienone is 2. The van der Waals surface area contributed by atoms with Crippen molar-refractivity contribution >= 4 is 38.1 Å². The molecule has 0 saturated heterocycles. The molecule has 3 nitrogen and oxygen atoms in total. The van der Waals surface area contributed by atoms with Gasteiger partial charge >= 0.3 is 0 Å². The molecule has 0 bridgehead atoms. The molecule has 5 heteroatoms. The van der Waals surface area contributed by atoms with Gasteiger partial charge in [-0.2, -0.15) is 0 Å². The maximum atomic E-state index is 11.5. The topological polar surface area (TPSA) is 50.2 Å². The number of carbonyl (C=O) groups excluding carboxylic acids is 1. The van der Waals surface area contributed by atoms with E-state index in [9.17, 15) is 9.90 Å². The number of aromatic nitrogens is 1. The van der Waals surface area contributed by atoms with Gasteiger partial charge in [0.25, 0.3) is 0 Å². The molecular weight excluding hydrogens is 787 g/mol. The van der Waals surface area contributed by atoms with Crippen LogP contribution in [-0.2, 0) is 30.3 Å². The third-order valence-electron chi connectivity index (χ3n) is 9.35. The zero-order chi connectivity index (χ0) is 34.8. The summed E-state index contributed by atoms with van der Waals surface area (Å²) in [4.78, 5) is 18.1. The summed E-state index contributed by atoms with van der Waals surface area (Å²) in [5.74, 6) is 0.625. The van der Waals surface area contributed by atoms with Gasteiger partial charge in [0.15, 0.2) is 5.78 Å². The molecule has 0 saturated carbocycles. The van der Waals surface area contributed by atoms with Crippen LogP contribution in [0.25, 0.3) is 42.7 Å². The molecule has 0 fully saturated rings. The summed E-state index contributed by atoms with van der Waals surface area (Å²) in [6, 6.07) is 21.7. The Labute approximate surface area is 305 Å². The molecule has 1 aliphatic carbocycles. The smallest absolute Gasteiger partial charge is 0.164 e. The Kier molecular flexibility index (Phi) is 10.5. The minimum Gasteiger partial charge on any atom is -0.512 e. The molecule has 2 heterocycles. The van der Waals surface area contributed by atoms with Gasteiger partial charge in [-0.05, 0) is 89.2 Å². The molecule has 0 amide bonds. The average Bonchev–Trinajstić information content (AvgIpc) is 3.44. The van der Waals surface area contributed by atoms with E-state index in [2.05, 4.69) is 103 Å². The first kappa shape index (κ1) is 37.7. The summed E-state index contributed by atoms with van der Waals surface area (Å²) in [6.45, 7) is 27.0. The number of hydrogen-bond acceptors (Lipinski definition) is 4. The molecule has 0 spiro atoms. The van der Waals surface area contributed by atoms with Crippen LogP contribution in [0.3, 0.4) is 0 Å². The van der Waals surface area contributed by atoms with Crippen LogP contribution in [0, 0.1) is 37.7 Å². The van der Waals surface area contributed by atoms with Crippen LogP contribution < -0.4 is 0 Å². The Morgan fingerprint density at radius 2 is 1.56 bits per heavy atom. The second kappa shape index (κ2) is 13.3. The van der Waals surface area contributed by atoms with Gasteiger partial charge in [-0.1, -0.05) is 93.0 Å². The van der Waals surface area contributed by atoms with E-state index in [4.69, 9.17) is 4.98 Å². The Morgan fingerprint density at radius 1 is 0.917 bits per heavy atom. The van der Waals surface area contributed by atoms with Crippen LogP contribution in [0.2, 0.25) is 0 Å². The van der Waals surface area contributed by atoms with Crippen LogP contribution in [-0.4, -0.2) is 15.9 Å². The summed E-state index contributed by atoms with van der Waals surface area (Å²) in [6.07, 6.45) is 1.33. The van der Waals surface area contributed by atoms with E-state index >= 15 is 0 Å². The number of rotatable bonds is 3. The minimum absolute atomic E-state index is 0. The number of pyridine rings is 1. The van der Waals surface area contributed by atoms with Gasteiger partial charge in [-0.3, -0.25) is 9.78 Å². The summed E-state index contributed by atoms with van der Waals surface area (Å²) in [5, 5.41) is 12.2. The fourth-order valence-corrected chi connectivity index (χ4v) is 7.99. The minimum atomic E-state index is -0.417. The maximum Gasteiger partial charge on any atom is 0.164 e. The van der Waals surface area contributed by atoms with E-state index in [1.807, 2.05) is 52.9 Å². The first-order chi connectivity index (χ1) is 21.7. The van der Waals surface area contributed by atoms with E-state index in [0.29, 0.717) is 5.92 Å². The monoisotopic (exact) mass is 837 g/mol. The van der Waals surface area contributed by atoms with Crippen molar-refractivity contribution in [3.05, 3.63) is 99.8 Å². The Morgan fingerprint density at radius 3 is 2.17 bits per heavy atom. The van der Waals surface area contributed by atoms with Gasteiger partial charge in [0, 0.05) is 52.0 Å². The number of hydrogen-bond donors (Lipinski definition) is 1. The number of nitrogens with zero attached hydrogens (tertiary/aromatic N) is 1. The predicted molar refractivity (Wildman–Crippen MR) is 202 cm³/mol. The van der Waals surface area contributed by atoms with Crippen LogP contribution >= 0.6 is 11.3 Å².